The number of carbonyl (C=O) groups excluding carboxylic acids is 1. The summed E-state index contributed by atoms with van der Waals surface area (Å²) in [6.07, 6.45) is 3.00. The largest absolute Gasteiger partial charge is 0.299 e. The molecule has 0 N–H and O–H groups in total. The smallest absolute Gasteiger partial charge is 0.136 e. The highest BCUT2D eigenvalue weighted by molar-refractivity contribution is 9.09. The summed E-state index contributed by atoms with van der Waals surface area (Å²) in [5.41, 5.74) is 0. The number of carbonyl (C=O) groups is 1. The van der Waals surface area contributed by atoms with Crippen LogP contribution >= 0.6 is 15.9 Å². The molecule has 0 aromatic heterocycles. The Balaban J connectivity index is 2.17. The van der Waals surface area contributed by atoms with Crippen molar-refractivity contribution in [1.29, 1.82) is 0 Å². The van der Waals surface area contributed by atoms with Crippen LogP contribution in [-0.2, 0) is 4.79 Å². The van der Waals surface area contributed by atoms with Gasteiger partial charge in [-0.15, -0.1) is 0 Å². The minimum absolute atomic E-state index is 0.411. The monoisotopic (exact) mass is 176 g/mol. The zero-order chi connectivity index (χ0) is 5.98. The van der Waals surface area contributed by atoms with Crippen molar-refractivity contribution in [3.63, 3.8) is 0 Å². The van der Waals surface area contributed by atoms with Gasteiger partial charge in [0.25, 0.3) is 0 Å². The predicted molar refractivity (Wildman–Crippen MR) is 36.1 cm³/mol. The highest BCUT2D eigenvalue weighted by Gasteiger charge is 2.26. The first kappa shape index (κ1) is 6.27. The van der Waals surface area contributed by atoms with Gasteiger partial charge in [-0.3, -0.25) is 4.79 Å². The van der Waals surface area contributed by atoms with Crippen LogP contribution in [0.15, 0.2) is 0 Å². The second kappa shape index (κ2) is 2.62. The maximum atomic E-state index is 10.6. The Morgan fingerprint density at radius 3 is 2.62 bits per heavy atom. The molecule has 0 amide bonds. The van der Waals surface area contributed by atoms with Crippen LogP contribution in [0.4, 0.5) is 0 Å². The van der Waals surface area contributed by atoms with E-state index in [1.807, 2.05) is 0 Å². The number of hydrogen-bond donors (Lipinski definition) is 0. The molecule has 0 spiro atoms. The average molecular weight is 177 g/mol. The Bertz CT molecular complexity index is 101. The zero-order valence-electron chi connectivity index (χ0n) is 4.69. The first-order valence-electron chi connectivity index (χ1n) is 2.93. The second-order valence-electron chi connectivity index (χ2n) is 2.18. The minimum Gasteiger partial charge on any atom is -0.299 e. The molecule has 8 heavy (non-hydrogen) atoms. The fourth-order valence-corrected chi connectivity index (χ4v) is 1.46. The molecular weight excluding hydrogens is 168 g/mol. The van der Waals surface area contributed by atoms with Crippen LogP contribution in [0.5, 0.6) is 0 Å². The van der Waals surface area contributed by atoms with Crippen molar-refractivity contribution in [2.75, 3.05) is 5.33 Å². The number of hydrogen-bond acceptors (Lipinski definition) is 1. The SMILES string of the molecule is O=C1CCC1CCBr. The Kier molecular flexibility index (Phi) is 2.06. The Morgan fingerprint density at radius 2 is 2.50 bits per heavy atom. The lowest BCUT2D eigenvalue weighted by Gasteiger charge is -2.22. The van der Waals surface area contributed by atoms with Gasteiger partial charge in [0.2, 0.25) is 0 Å². The maximum Gasteiger partial charge on any atom is 0.136 e. The lowest BCUT2D eigenvalue weighted by Crippen LogP contribution is -2.25. The van der Waals surface area contributed by atoms with E-state index in [0.29, 0.717) is 11.7 Å². The first-order chi connectivity index (χ1) is 3.84. The summed E-state index contributed by atoms with van der Waals surface area (Å²) in [5.74, 6) is 0.874. The van der Waals surface area contributed by atoms with Gasteiger partial charge in [-0.25, -0.2) is 0 Å². The van der Waals surface area contributed by atoms with E-state index >= 15 is 0 Å². The van der Waals surface area contributed by atoms with E-state index in [1.165, 1.54) is 0 Å². The Labute approximate surface area is 57.6 Å². The van der Waals surface area contributed by atoms with Gasteiger partial charge in [-0.2, -0.15) is 0 Å². The van der Waals surface area contributed by atoms with E-state index in [9.17, 15) is 4.79 Å². The van der Waals surface area contributed by atoms with Crippen LogP contribution in [0, 0.1) is 5.92 Å². The normalized spacial score (nSPS) is 27.6. The maximum absolute atomic E-state index is 10.6. The van der Waals surface area contributed by atoms with Crippen LogP contribution in [0.25, 0.3) is 0 Å². The molecule has 0 aromatic carbocycles. The zero-order valence-corrected chi connectivity index (χ0v) is 6.28. The third-order valence-corrected chi connectivity index (χ3v) is 2.11. The molecular formula is C6H9BrO. The predicted octanol–water partition coefficient (Wildman–Crippen LogP) is 1.75. The Morgan fingerprint density at radius 1 is 1.75 bits per heavy atom. The number of alkyl halides is 1. The molecule has 0 radical (unpaired) electrons. The molecule has 1 nitrogen and oxygen atoms in total. The average Bonchev–Trinajstić information content (AvgIpc) is 1.79. The number of ketones is 1. The molecule has 1 rings (SSSR count). The summed E-state index contributed by atoms with van der Waals surface area (Å²) in [7, 11) is 0. The molecule has 0 aliphatic heterocycles. The first-order valence-corrected chi connectivity index (χ1v) is 4.05. The molecule has 1 unspecified atom stereocenters. The quantitative estimate of drug-likeness (QED) is 0.587. The summed E-state index contributed by atoms with van der Waals surface area (Å²) in [6, 6.07) is 0. The Hall–Kier alpha value is 0.150. The van der Waals surface area contributed by atoms with Crippen molar-refractivity contribution in [3.8, 4) is 0 Å². The fourth-order valence-electron chi connectivity index (χ4n) is 0.903. The van der Waals surface area contributed by atoms with Crippen LogP contribution in [0.3, 0.4) is 0 Å². The lowest BCUT2D eigenvalue weighted by molar-refractivity contribution is -0.129. The van der Waals surface area contributed by atoms with Gasteiger partial charge < -0.3 is 0 Å². The highest BCUT2D eigenvalue weighted by Crippen LogP contribution is 2.25. The molecule has 0 aromatic rings. The van der Waals surface area contributed by atoms with Crippen LogP contribution in [0.1, 0.15) is 19.3 Å². The van der Waals surface area contributed by atoms with Crippen molar-refractivity contribution < 1.29 is 4.79 Å². The molecule has 1 aliphatic rings. The molecule has 1 saturated carbocycles. The van der Waals surface area contributed by atoms with E-state index in [-0.39, 0.29) is 0 Å². The summed E-state index contributed by atoms with van der Waals surface area (Å²) < 4.78 is 0. The van der Waals surface area contributed by atoms with Crippen LogP contribution < -0.4 is 0 Å². The van der Waals surface area contributed by atoms with Crippen LogP contribution in [-0.4, -0.2) is 11.1 Å². The van der Waals surface area contributed by atoms with E-state index < -0.39 is 0 Å². The van der Waals surface area contributed by atoms with E-state index in [4.69, 9.17) is 0 Å². The summed E-state index contributed by atoms with van der Waals surface area (Å²) in [4.78, 5) is 10.6. The molecule has 1 atom stereocenters. The molecule has 2 heteroatoms. The number of rotatable bonds is 2. The third-order valence-electron chi connectivity index (χ3n) is 1.65. The van der Waals surface area contributed by atoms with E-state index in [2.05, 4.69) is 15.9 Å². The van der Waals surface area contributed by atoms with Crippen molar-refractivity contribution in [2.45, 2.75) is 19.3 Å². The van der Waals surface area contributed by atoms with E-state index in [0.717, 1.165) is 24.6 Å². The van der Waals surface area contributed by atoms with Gasteiger partial charge in [0, 0.05) is 17.7 Å². The fraction of sp³-hybridized carbons (Fsp3) is 0.833. The van der Waals surface area contributed by atoms with Gasteiger partial charge in [0.1, 0.15) is 5.78 Å². The highest BCUT2D eigenvalue weighted by atomic mass is 79.9. The van der Waals surface area contributed by atoms with Crippen molar-refractivity contribution >= 4 is 21.7 Å². The standard InChI is InChI=1S/C6H9BrO/c7-4-3-5-1-2-6(5)8/h5H,1-4H2. The molecule has 1 aliphatic carbocycles. The molecule has 0 bridgehead atoms. The number of Topliss-reactive ketones (excluding diaryl/α,β-unsaturated/α-hetero) is 1. The van der Waals surface area contributed by atoms with Crippen LogP contribution in [0.2, 0.25) is 0 Å². The van der Waals surface area contributed by atoms with Crippen molar-refractivity contribution in [2.24, 2.45) is 5.92 Å². The molecule has 46 valence electrons. The van der Waals surface area contributed by atoms with Gasteiger partial charge in [-0.05, 0) is 12.8 Å². The van der Waals surface area contributed by atoms with E-state index in [1.54, 1.807) is 0 Å². The van der Waals surface area contributed by atoms with Gasteiger partial charge in [-0.1, -0.05) is 15.9 Å². The van der Waals surface area contributed by atoms with Crippen molar-refractivity contribution in [3.05, 3.63) is 0 Å². The second-order valence-corrected chi connectivity index (χ2v) is 2.97. The topological polar surface area (TPSA) is 17.1 Å². The van der Waals surface area contributed by atoms with Gasteiger partial charge in [0.05, 0.1) is 0 Å². The third kappa shape index (κ3) is 1.10. The molecule has 1 fully saturated rings. The van der Waals surface area contributed by atoms with Gasteiger partial charge in [0.15, 0.2) is 0 Å². The molecule has 0 heterocycles. The van der Waals surface area contributed by atoms with Gasteiger partial charge >= 0.3 is 0 Å². The summed E-state index contributed by atoms with van der Waals surface area (Å²) in [6.45, 7) is 0. The minimum atomic E-state index is 0.411. The molecule has 0 saturated heterocycles. The summed E-state index contributed by atoms with van der Waals surface area (Å²) in [5, 5.41) is 0.976. The lowest BCUT2D eigenvalue weighted by atomic mass is 9.82. The number of halogens is 1. The van der Waals surface area contributed by atoms with Crippen molar-refractivity contribution in [1.82, 2.24) is 0 Å². The summed E-state index contributed by atoms with van der Waals surface area (Å²) >= 11 is 3.30.